The average Bonchev–Trinajstić information content (AvgIpc) is 2.94. The van der Waals surface area contributed by atoms with Gasteiger partial charge >= 0.3 is 11.5 Å². The predicted octanol–water partition coefficient (Wildman–Crippen LogP) is -0.648. The number of rotatable bonds is 2. The Bertz CT molecular complexity index is 628. The number of hydrogen-bond acceptors (Lipinski definition) is 5. The standard InChI is InChI=1S/C9H13N3O2.CHF3O3S/c1-11-2-3-12(6-11)7-4-8(9(13)14)10-5-7;2-1(3,4)8(5,6)7/h2-3,6-8,10H,4-5H2,1H3;(H,5,6,7)/t7-,8-;/m0./s1. The molecule has 2 rings (SSSR count). The Labute approximate surface area is 123 Å². The SMILES string of the molecule is C[n+]1ccn([C@@H]2CN[C@H](C(=O)O)C2)c1.O=S(=O)([O-])C(F)(F)F. The lowest BCUT2D eigenvalue weighted by Crippen LogP contribution is -2.29. The summed E-state index contributed by atoms with van der Waals surface area (Å²) < 4.78 is 62.9. The van der Waals surface area contributed by atoms with E-state index in [1.165, 1.54) is 0 Å². The third-order valence-corrected chi connectivity index (χ3v) is 3.47. The van der Waals surface area contributed by atoms with E-state index in [0.29, 0.717) is 6.42 Å². The molecule has 22 heavy (non-hydrogen) atoms. The fourth-order valence-corrected chi connectivity index (χ4v) is 1.82. The van der Waals surface area contributed by atoms with Gasteiger partial charge in [0.25, 0.3) is 0 Å². The predicted molar refractivity (Wildman–Crippen MR) is 64.4 cm³/mol. The van der Waals surface area contributed by atoms with E-state index in [4.69, 9.17) is 18.1 Å². The molecule has 12 heteroatoms. The van der Waals surface area contributed by atoms with Gasteiger partial charge in [-0.2, -0.15) is 13.2 Å². The van der Waals surface area contributed by atoms with Crippen molar-refractivity contribution in [3.8, 4) is 0 Å². The summed E-state index contributed by atoms with van der Waals surface area (Å²) in [4.78, 5) is 10.7. The van der Waals surface area contributed by atoms with Crippen LogP contribution in [0, 0.1) is 0 Å². The Morgan fingerprint density at radius 3 is 2.36 bits per heavy atom. The highest BCUT2D eigenvalue weighted by atomic mass is 32.2. The van der Waals surface area contributed by atoms with Gasteiger partial charge < -0.3 is 15.0 Å². The highest BCUT2D eigenvalue weighted by Crippen LogP contribution is 2.20. The van der Waals surface area contributed by atoms with Crippen molar-refractivity contribution >= 4 is 16.1 Å². The zero-order valence-corrected chi connectivity index (χ0v) is 12.1. The summed E-state index contributed by atoms with van der Waals surface area (Å²) in [7, 11) is -4.14. The summed E-state index contributed by atoms with van der Waals surface area (Å²) in [6.07, 6.45) is 6.55. The molecule has 1 aliphatic rings. The lowest BCUT2D eigenvalue weighted by molar-refractivity contribution is -0.671. The second kappa shape index (κ2) is 6.62. The Kier molecular flexibility index (Phi) is 5.54. The molecule has 2 heterocycles. The molecule has 1 aliphatic heterocycles. The number of halogens is 3. The van der Waals surface area contributed by atoms with Gasteiger partial charge in [-0.25, -0.2) is 17.6 Å². The fraction of sp³-hybridized carbons (Fsp3) is 0.600. The largest absolute Gasteiger partial charge is 0.741 e. The molecule has 0 aromatic carbocycles. The van der Waals surface area contributed by atoms with Crippen LogP contribution in [0.15, 0.2) is 18.7 Å². The van der Waals surface area contributed by atoms with E-state index < -0.39 is 27.6 Å². The molecule has 1 aromatic rings. The number of carboxylic acids is 1. The molecule has 0 unspecified atom stereocenters. The van der Waals surface area contributed by atoms with Crippen molar-refractivity contribution in [3.63, 3.8) is 0 Å². The molecule has 0 amide bonds. The maximum absolute atomic E-state index is 10.7. The van der Waals surface area contributed by atoms with E-state index in [-0.39, 0.29) is 6.04 Å². The molecule has 0 bridgehead atoms. The molecule has 1 aromatic heterocycles. The van der Waals surface area contributed by atoms with Crippen LogP contribution in [0.5, 0.6) is 0 Å². The number of alkyl halides is 3. The maximum Gasteiger partial charge on any atom is 0.485 e. The highest BCUT2D eigenvalue weighted by molar-refractivity contribution is 7.86. The molecule has 1 fully saturated rings. The molecule has 0 aliphatic carbocycles. The van der Waals surface area contributed by atoms with Crippen molar-refractivity contribution in [2.24, 2.45) is 7.05 Å². The zero-order chi connectivity index (χ0) is 17.1. The molecule has 2 N–H and O–H groups in total. The number of carboxylic acid groups (broad SMARTS) is 1. The van der Waals surface area contributed by atoms with Gasteiger partial charge in [-0.15, -0.1) is 0 Å². The number of aromatic nitrogens is 2. The van der Waals surface area contributed by atoms with Crippen molar-refractivity contribution in [1.82, 2.24) is 9.88 Å². The van der Waals surface area contributed by atoms with E-state index in [1.807, 2.05) is 30.3 Å². The Morgan fingerprint density at radius 1 is 1.50 bits per heavy atom. The van der Waals surface area contributed by atoms with Gasteiger partial charge in [-0.1, -0.05) is 0 Å². The quantitative estimate of drug-likeness (QED) is 0.418. The molecular weight excluding hydrogens is 331 g/mol. The number of aliphatic carboxylic acids is 1. The van der Waals surface area contributed by atoms with Crippen LogP contribution >= 0.6 is 0 Å². The van der Waals surface area contributed by atoms with E-state index in [9.17, 15) is 18.0 Å². The van der Waals surface area contributed by atoms with Crippen molar-refractivity contribution in [1.29, 1.82) is 0 Å². The van der Waals surface area contributed by atoms with Gasteiger partial charge in [0.15, 0.2) is 10.1 Å². The first-order chi connectivity index (χ1) is 9.91. The second-order valence-corrected chi connectivity index (χ2v) is 5.99. The topological polar surface area (TPSA) is 115 Å². The molecule has 0 saturated carbocycles. The van der Waals surface area contributed by atoms with Crippen LogP contribution in [-0.4, -0.2) is 46.7 Å². The number of imidazole rings is 1. The summed E-state index contributed by atoms with van der Waals surface area (Å²) >= 11 is 0. The minimum absolute atomic E-state index is 0.261. The van der Waals surface area contributed by atoms with Gasteiger partial charge in [-0.05, 0) is 0 Å². The number of hydrogen-bond donors (Lipinski definition) is 2. The van der Waals surface area contributed by atoms with Crippen LogP contribution < -0.4 is 9.88 Å². The van der Waals surface area contributed by atoms with Crippen molar-refractivity contribution in [3.05, 3.63) is 18.7 Å². The second-order valence-electron chi connectivity index (χ2n) is 4.61. The molecule has 0 spiro atoms. The molecule has 0 radical (unpaired) electrons. The van der Waals surface area contributed by atoms with Crippen LogP contribution in [0.25, 0.3) is 0 Å². The van der Waals surface area contributed by atoms with E-state index in [2.05, 4.69) is 9.88 Å². The average molecular weight is 345 g/mol. The lowest BCUT2D eigenvalue weighted by Gasteiger charge is -2.08. The summed E-state index contributed by atoms with van der Waals surface area (Å²) in [5.74, 6) is -0.760. The van der Waals surface area contributed by atoms with Gasteiger partial charge in [0.2, 0.25) is 6.33 Å². The normalized spacial score (nSPS) is 22.0. The monoisotopic (exact) mass is 345 g/mol. The molecule has 2 atom stereocenters. The van der Waals surface area contributed by atoms with Gasteiger partial charge in [0.1, 0.15) is 24.5 Å². The van der Waals surface area contributed by atoms with E-state index >= 15 is 0 Å². The first-order valence-corrected chi connectivity index (χ1v) is 7.33. The lowest BCUT2D eigenvalue weighted by atomic mass is 10.2. The van der Waals surface area contributed by atoms with Crippen molar-refractivity contribution in [2.75, 3.05) is 6.54 Å². The van der Waals surface area contributed by atoms with Gasteiger partial charge in [0, 0.05) is 13.0 Å². The third-order valence-electron chi connectivity index (χ3n) is 2.90. The smallest absolute Gasteiger partial charge is 0.485 e. The van der Waals surface area contributed by atoms with Crippen LogP contribution in [0.3, 0.4) is 0 Å². The zero-order valence-electron chi connectivity index (χ0n) is 11.3. The van der Waals surface area contributed by atoms with Crippen LogP contribution in [0.2, 0.25) is 0 Å². The maximum atomic E-state index is 10.7. The highest BCUT2D eigenvalue weighted by Gasteiger charge is 2.37. The number of aryl methyl sites for hydroxylation is 1. The first-order valence-electron chi connectivity index (χ1n) is 5.93. The van der Waals surface area contributed by atoms with E-state index in [1.54, 1.807) is 0 Å². The molecule has 8 nitrogen and oxygen atoms in total. The van der Waals surface area contributed by atoms with Gasteiger partial charge in [-0.3, -0.25) is 4.79 Å². The van der Waals surface area contributed by atoms with Crippen molar-refractivity contribution < 1.29 is 40.6 Å². The van der Waals surface area contributed by atoms with Crippen LogP contribution in [-0.2, 0) is 22.0 Å². The third kappa shape index (κ3) is 4.96. The number of nitrogens with zero attached hydrogens (tertiary/aromatic N) is 2. The summed E-state index contributed by atoms with van der Waals surface area (Å²) in [6.45, 7) is 0.728. The summed E-state index contributed by atoms with van der Waals surface area (Å²) in [5.41, 5.74) is -5.65. The Morgan fingerprint density at radius 2 is 2.05 bits per heavy atom. The summed E-state index contributed by atoms with van der Waals surface area (Å²) in [6, 6.07) is -0.134. The van der Waals surface area contributed by atoms with Crippen molar-refractivity contribution in [2.45, 2.75) is 24.0 Å². The Balaban J connectivity index is 0.000000261. The minimum atomic E-state index is -6.09. The summed E-state index contributed by atoms with van der Waals surface area (Å²) in [5, 5.41) is 11.8. The molecule has 1 saturated heterocycles. The minimum Gasteiger partial charge on any atom is -0.741 e. The Hall–Kier alpha value is -1.66. The molecular formula is C10H14F3N3O5S. The van der Waals surface area contributed by atoms with Gasteiger partial charge in [0.05, 0.1) is 7.05 Å². The van der Waals surface area contributed by atoms with E-state index in [0.717, 1.165) is 6.54 Å². The first kappa shape index (κ1) is 18.4. The number of nitrogens with one attached hydrogen (secondary N) is 1. The fourth-order valence-electron chi connectivity index (χ4n) is 1.82. The van der Waals surface area contributed by atoms with Crippen LogP contribution in [0.1, 0.15) is 12.5 Å². The van der Waals surface area contributed by atoms with Crippen LogP contribution in [0.4, 0.5) is 13.2 Å². The molecule has 126 valence electrons. The number of carbonyl (C=O) groups is 1.